The molecule has 1 atom stereocenters. The third-order valence-electron chi connectivity index (χ3n) is 5.57. The quantitative estimate of drug-likeness (QED) is 0.715. The van der Waals surface area contributed by atoms with Crippen LogP contribution in [0.4, 0.5) is 4.79 Å². The predicted octanol–water partition coefficient (Wildman–Crippen LogP) is 3.32. The number of nitrogens with zero attached hydrogens (tertiary/aromatic N) is 2. The molecule has 0 saturated carbocycles. The maximum Gasteiger partial charge on any atom is 0.325 e. The number of aryl methyl sites for hydroxylation is 1. The number of hydrogen-bond donors (Lipinski definition) is 1. The molecule has 2 aliphatic rings. The van der Waals surface area contributed by atoms with Gasteiger partial charge in [0.25, 0.3) is 5.91 Å². The SMILES string of the molecule is O=C1NC2(CCc3ccccc3C2)C(=O)N1Cc1coc(-c2ccccc2)n1. The fourth-order valence-electron chi connectivity index (χ4n) is 4.10. The van der Waals surface area contributed by atoms with Gasteiger partial charge < -0.3 is 9.73 Å². The normalized spacial score (nSPS) is 21.1. The van der Waals surface area contributed by atoms with Gasteiger partial charge in [-0.2, -0.15) is 0 Å². The molecule has 1 aromatic heterocycles. The topological polar surface area (TPSA) is 75.4 Å². The first kappa shape index (κ1) is 16.7. The smallest absolute Gasteiger partial charge is 0.325 e. The second-order valence-electron chi connectivity index (χ2n) is 7.36. The van der Waals surface area contributed by atoms with Crippen molar-refractivity contribution in [1.29, 1.82) is 0 Å². The van der Waals surface area contributed by atoms with E-state index in [2.05, 4.69) is 16.4 Å². The number of imide groups is 1. The van der Waals surface area contributed by atoms with Crippen LogP contribution in [0, 0.1) is 0 Å². The summed E-state index contributed by atoms with van der Waals surface area (Å²) < 4.78 is 5.53. The fraction of sp³-hybridized carbons (Fsp3) is 0.227. The van der Waals surface area contributed by atoms with Crippen LogP contribution >= 0.6 is 0 Å². The van der Waals surface area contributed by atoms with Crippen LogP contribution in [0.3, 0.4) is 0 Å². The average molecular weight is 373 g/mol. The minimum atomic E-state index is -0.850. The first-order valence-electron chi connectivity index (χ1n) is 9.35. The van der Waals surface area contributed by atoms with Gasteiger partial charge >= 0.3 is 6.03 Å². The molecule has 0 radical (unpaired) electrons. The van der Waals surface area contributed by atoms with Crippen molar-refractivity contribution in [3.63, 3.8) is 0 Å². The Morgan fingerprint density at radius 3 is 2.61 bits per heavy atom. The van der Waals surface area contributed by atoms with Crippen molar-refractivity contribution in [2.24, 2.45) is 0 Å². The molecule has 3 aromatic rings. The third-order valence-corrected chi connectivity index (χ3v) is 5.57. The molecule has 140 valence electrons. The molecule has 6 nitrogen and oxygen atoms in total. The molecule has 5 rings (SSSR count). The molecule has 6 heteroatoms. The van der Waals surface area contributed by atoms with Gasteiger partial charge in [-0.1, -0.05) is 42.5 Å². The monoisotopic (exact) mass is 373 g/mol. The second kappa shape index (κ2) is 6.34. The van der Waals surface area contributed by atoms with Crippen LogP contribution in [0.1, 0.15) is 23.2 Å². The van der Waals surface area contributed by atoms with Gasteiger partial charge in [-0.25, -0.2) is 9.78 Å². The number of fused-ring (bicyclic) bond motifs is 1. The molecule has 3 amide bonds. The lowest BCUT2D eigenvalue weighted by atomic mass is 9.78. The number of carbonyl (C=O) groups is 2. The first-order chi connectivity index (χ1) is 13.6. The summed E-state index contributed by atoms with van der Waals surface area (Å²) in [4.78, 5) is 31.4. The van der Waals surface area contributed by atoms with Gasteiger partial charge in [-0.05, 0) is 36.1 Å². The zero-order valence-electron chi connectivity index (χ0n) is 15.2. The van der Waals surface area contributed by atoms with Gasteiger partial charge in [0, 0.05) is 12.0 Å². The number of aromatic nitrogens is 1. The van der Waals surface area contributed by atoms with Crippen molar-refractivity contribution in [1.82, 2.24) is 15.2 Å². The van der Waals surface area contributed by atoms with Gasteiger partial charge in [0.2, 0.25) is 5.89 Å². The Kier molecular flexibility index (Phi) is 3.79. The van der Waals surface area contributed by atoms with Crippen LogP contribution in [0.15, 0.2) is 65.3 Å². The Morgan fingerprint density at radius 1 is 1.04 bits per heavy atom. The maximum absolute atomic E-state index is 13.2. The van der Waals surface area contributed by atoms with E-state index >= 15 is 0 Å². The van der Waals surface area contributed by atoms with Crippen molar-refractivity contribution in [2.45, 2.75) is 31.3 Å². The summed E-state index contributed by atoms with van der Waals surface area (Å²) in [5.74, 6) is 0.292. The van der Waals surface area contributed by atoms with Crippen LogP contribution in [-0.2, 0) is 24.2 Å². The van der Waals surface area contributed by atoms with E-state index in [0.29, 0.717) is 24.4 Å². The summed E-state index contributed by atoms with van der Waals surface area (Å²) >= 11 is 0. The highest BCUT2D eigenvalue weighted by Gasteiger charge is 2.52. The fourth-order valence-corrected chi connectivity index (χ4v) is 4.10. The van der Waals surface area contributed by atoms with E-state index in [9.17, 15) is 9.59 Å². The lowest BCUT2D eigenvalue weighted by Gasteiger charge is -2.32. The molecule has 2 heterocycles. The van der Waals surface area contributed by atoms with Crippen LogP contribution in [0.25, 0.3) is 11.5 Å². The summed E-state index contributed by atoms with van der Waals surface area (Å²) in [6.45, 7) is 0.102. The van der Waals surface area contributed by atoms with E-state index in [4.69, 9.17) is 4.42 Å². The van der Waals surface area contributed by atoms with Crippen LogP contribution in [0.2, 0.25) is 0 Å². The molecule has 1 unspecified atom stereocenters. The van der Waals surface area contributed by atoms with Gasteiger partial charge in [0.05, 0.1) is 12.2 Å². The maximum atomic E-state index is 13.2. The Morgan fingerprint density at radius 2 is 1.79 bits per heavy atom. The summed E-state index contributed by atoms with van der Waals surface area (Å²) in [7, 11) is 0. The molecule has 1 spiro atoms. The number of nitrogens with one attached hydrogen (secondary N) is 1. The van der Waals surface area contributed by atoms with E-state index < -0.39 is 5.54 Å². The van der Waals surface area contributed by atoms with E-state index in [1.807, 2.05) is 48.5 Å². The predicted molar refractivity (Wildman–Crippen MR) is 102 cm³/mol. The van der Waals surface area contributed by atoms with Crippen molar-refractivity contribution >= 4 is 11.9 Å². The number of oxazole rings is 1. The van der Waals surface area contributed by atoms with Crippen molar-refractivity contribution < 1.29 is 14.0 Å². The Hall–Kier alpha value is -3.41. The van der Waals surface area contributed by atoms with E-state index in [0.717, 1.165) is 17.5 Å². The number of benzene rings is 2. The minimum Gasteiger partial charge on any atom is -0.444 e. The molecule has 1 aliphatic carbocycles. The average Bonchev–Trinajstić information content (AvgIpc) is 3.28. The van der Waals surface area contributed by atoms with Crippen LogP contribution in [-0.4, -0.2) is 27.4 Å². The minimum absolute atomic E-state index is 0.102. The Bertz CT molecular complexity index is 1060. The standard InChI is InChI=1S/C22H19N3O3/c26-20-22(11-10-15-6-4-5-9-17(15)12-22)24-21(27)25(20)13-18-14-28-19(23-18)16-7-2-1-3-8-16/h1-9,14H,10-13H2,(H,24,27). The number of carbonyl (C=O) groups excluding carboxylic acids is 2. The first-order valence-corrected chi connectivity index (χ1v) is 9.35. The number of amides is 3. The number of urea groups is 1. The zero-order valence-corrected chi connectivity index (χ0v) is 15.2. The highest BCUT2D eigenvalue weighted by molar-refractivity contribution is 6.07. The van der Waals surface area contributed by atoms with E-state index in [-0.39, 0.29) is 18.5 Å². The van der Waals surface area contributed by atoms with Crippen LogP contribution in [0.5, 0.6) is 0 Å². The summed E-state index contributed by atoms with van der Waals surface area (Å²) in [6.07, 6.45) is 3.42. The molecule has 1 fully saturated rings. The number of hydrogen-bond acceptors (Lipinski definition) is 4. The highest BCUT2D eigenvalue weighted by Crippen LogP contribution is 2.34. The molecule has 1 aliphatic heterocycles. The highest BCUT2D eigenvalue weighted by atomic mass is 16.3. The molecule has 28 heavy (non-hydrogen) atoms. The van der Waals surface area contributed by atoms with Crippen molar-refractivity contribution in [2.75, 3.05) is 0 Å². The second-order valence-corrected chi connectivity index (χ2v) is 7.36. The number of rotatable bonds is 3. The molecule has 0 bridgehead atoms. The lowest BCUT2D eigenvalue weighted by molar-refractivity contribution is -0.132. The van der Waals surface area contributed by atoms with Gasteiger partial charge in [0.15, 0.2) is 0 Å². The zero-order chi connectivity index (χ0) is 19.1. The molecular weight excluding hydrogens is 354 g/mol. The van der Waals surface area contributed by atoms with Gasteiger partial charge in [-0.15, -0.1) is 0 Å². The Labute approximate surface area is 162 Å². The van der Waals surface area contributed by atoms with Gasteiger partial charge in [0.1, 0.15) is 11.8 Å². The van der Waals surface area contributed by atoms with Gasteiger partial charge in [-0.3, -0.25) is 9.69 Å². The molecule has 1 N–H and O–H groups in total. The van der Waals surface area contributed by atoms with Crippen LogP contribution < -0.4 is 5.32 Å². The largest absolute Gasteiger partial charge is 0.444 e. The third kappa shape index (κ3) is 2.69. The molecule has 2 aromatic carbocycles. The summed E-state index contributed by atoms with van der Waals surface area (Å²) in [5.41, 5.74) is 2.92. The van der Waals surface area contributed by atoms with Crippen molar-refractivity contribution in [3.05, 3.63) is 77.7 Å². The lowest BCUT2D eigenvalue weighted by Crippen LogP contribution is -2.51. The molecular formula is C22H19N3O3. The van der Waals surface area contributed by atoms with Crippen molar-refractivity contribution in [3.8, 4) is 11.5 Å². The molecule has 1 saturated heterocycles. The summed E-state index contributed by atoms with van der Waals surface area (Å²) in [5, 5.41) is 2.95. The Balaban J connectivity index is 1.37. The summed E-state index contributed by atoms with van der Waals surface area (Å²) in [6, 6.07) is 17.3. The van der Waals surface area contributed by atoms with E-state index in [1.165, 1.54) is 16.7 Å². The van der Waals surface area contributed by atoms with E-state index in [1.54, 1.807) is 0 Å².